The van der Waals surface area contributed by atoms with Gasteiger partial charge in [-0.1, -0.05) is 23.2 Å². The van der Waals surface area contributed by atoms with Gasteiger partial charge in [0, 0.05) is 18.1 Å². The molecule has 0 fully saturated rings. The van der Waals surface area contributed by atoms with Gasteiger partial charge in [-0.2, -0.15) is 0 Å². The Hall–Kier alpha value is -1.23. The Morgan fingerprint density at radius 3 is 2.85 bits per heavy atom. The van der Waals surface area contributed by atoms with Gasteiger partial charge in [0.1, 0.15) is 5.69 Å². The molecule has 4 nitrogen and oxygen atoms in total. The van der Waals surface area contributed by atoms with Crippen LogP contribution in [0.5, 0.6) is 0 Å². The molecule has 6 heteroatoms. The van der Waals surface area contributed by atoms with Gasteiger partial charge in [-0.25, -0.2) is 15.0 Å². The Labute approximate surface area is 127 Å². The van der Waals surface area contributed by atoms with E-state index in [0.29, 0.717) is 34.0 Å². The third-order valence-corrected chi connectivity index (χ3v) is 4.10. The lowest BCUT2D eigenvalue weighted by atomic mass is 9.87. The van der Waals surface area contributed by atoms with Crippen LogP contribution in [-0.4, -0.2) is 21.5 Å². The number of hydrogen-bond donors (Lipinski definition) is 1. The third kappa shape index (κ3) is 2.64. The number of pyridine rings is 1. The molecule has 0 spiro atoms. The van der Waals surface area contributed by atoms with E-state index in [-0.39, 0.29) is 0 Å². The Bertz CT molecular complexity index is 645. The molecular weight excluding hydrogens is 295 g/mol. The second-order valence-corrected chi connectivity index (χ2v) is 5.84. The van der Waals surface area contributed by atoms with E-state index in [1.165, 1.54) is 5.56 Å². The molecule has 0 saturated carbocycles. The Balaban J connectivity index is 1.97. The maximum Gasteiger partial charge on any atom is 0.179 e. The molecule has 2 aromatic rings. The van der Waals surface area contributed by atoms with Gasteiger partial charge in [0.25, 0.3) is 0 Å². The van der Waals surface area contributed by atoms with Crippen LogP contribution in [0, 0.1) is 5.92 Å². The zero-order chi connectivity index (χ0) is 14.1. The predicted molar refractivity (Wildman–Crippen MR) is 79.9 cm³/mol. The number of aromatic nitrogens is 3. The predicted octanol–water partition coefficient (Wildman–Crippen LogP) is 2.91. The summed E-state index contributed by atoms with van der Waals surface area (Å²) in [7, 11) is 0. The summed E-state index contributed by atoms with van der Waals surface area (Å²) in [6, 6.07) is 1.65. The molecule has 0 saturated heterocycles. The molecule has 2 aromatic heterocycles. The van der Waals surface area contributed by atoms with E-state index in [1.807, 2.05) is 6.20 Å². The van der Waals surface area contributed by atoms with Crippen molar-refractivity contribution in [3.63, 3.8) is 0 Å². The molecule has 1 unspecified atom stereocenters. The summed E-state index contributed by atoms with van der Waals surface area (Å²) in [5.41, 5.74) is 8.56. The molecular formula is C14H14Cl2N4. The highest BCUT2D eigenvalue weighted by molar-refractivity contribution is 6.35. The van der Waals surface area contributed by atoms with Crippen LogP contribution in [-0.2, 0) is 12.8 Å². The molecule has 0 aliphatic heterocycles. The van der Waals surface area contributed by atoms with Crippen molar-refractivity contribution in [3.05, 3.63) is 39.8 Å². The lowest BCUT2D eigenvalue weighted by Gasteiger charge is -2.22. The molecule has 2 N–H and O–H groups in total. The maximum atomic E-state index is 6.15. The fourth-order valence-corrected chi connectivity index (χ4v) is 2.94. The first-order valence-corrected chi connectivity index (χ1v) is 7.29. The summed E-state index contributed by atoms with van der Waals surface area (Å²) in [5.74, 6) is 1.09. The Morgan fingerprint density at radius 1 is 1.25 bits per heavy atom. The molecule has 0 bridgehead atoms. The van der Waals surface area contributed by atoms with E-state index in [2.05, 4.69) is 15.0 Å². The summed E-state index contributed by atoms with van der Waals surface area (Å²) >= 11 is 12.0. The molecule has 1 aliphatic rings. The van der Waals surface area contributed by atoms with Gasteiger partial charge in [-0.15, -0.1) is 0 Å². The normalized spacial score (nSPS) is 17.9. The SMILES string of the molecule is NCC1CCc2nc(-c3ncc(Cl)cc3Cl)ncc2C1. The highest BCUT2D eigenvalue weighted by Gasteiger charge is 2.20. The second-order valence-electron chi connectivity index (χ2n) is 4.99. The van der Waals surface area contributed by atoms with Crippen molar-refractivity contribution in [1.82, 2.24) is 15.0 Å². The van der Waals surface area contributed by atoms with E-state index in [1.54, 1.807) is 12.3 Å². The van der Waals surface area contributed by atoms with E-state index >= 15 is 0 Å². The minimum Gasteiger partial charge on any atom is -0.330 e. The van der Waals surface area contributed by atoms with Gasteiger partial charge in [0.05, 0.1) is 10.0 Å². The van der Waals surface area contributed by atoms with Crippen molar-refractivity contribution < 1.29 is 0 Å². The van der Waals surface area contributed by atoms with Gasteiger partial charge in [0.15, 0.2) is 5.82 Å². The fourth-order valence-electron chi connectivity index (χ4n) is 2.48. The van der Waals surface area contributed by atoms with Crippen LogP contribution in [0.2, 0.25) is 10.0 Å². The van der Waals surface area contributed by atoms with Crippen LogP contribution in [0.3, 0.4) is 0 Å². The number of nitrogens with two attached hydrogens (primary N) is 1. The number of halogens is 2. The van der Waals surface area contributed by atoms with Gasteiger partial charge in [0.2, 0.25) is 0 Å². The summed E-state index contributed by atoms with van der Waals surface area (Å²) in [6.45, 7) is 0.714. The smallest absolute Gasteiger partial charge is 0.179 e. The quantitative estimate of drug-likeness (QED) is 0.926. The maximum absolute atomic E-state index is 6.15. The summed E-state index contributed by atoms with van der Waals surface area (Å²) in [4.78, 5) is 13.2. The first kappa shape index (κ1) is 13.7. The highest BCUT2D eigenvalue weighted by atomic mass is 35.5. The first-order chi connectivity index (χ1) is 9.67. The largest absolute Gasteiger partial charge is 0.330 e. The lowest BCUT2D eigenvalue weighted by Crippen LogP contribution is -2.23. The third-order valence-electron chi connectivity index (χ3n) is 3.61. The molecule has 3 rings (SSSR count). The van der Waals surface area contributed by atoms with Crippen molar-refractivity contribution in [2.24, 2.45) is 11.7 Å². The van der Waals surface area contributed by atoms with E-state index < -0.39 is 0 Å². The molecule has 1 atom stereocenters. The van der Waals surface area contributed by atoms with Crippen LogP contribution in [0.1, 0.15) is 17.7 Å². The summed E-state index contributed by atoms with van der Waals surface area (Å²) < 4.78 is 0. The number of rotatable bonds is 2. The van der Waals surface area contributed by atoms with Crippen molar-refractivity contribution in [3.8, 4) is 11.5 Å². The minimum absolute atomic E-state index is 0.466. The van der Waals surface area contributed by atoms with Crippen LogP contribution in [0.4, 0.5) is 0 Å². The second kappa shape index (κ2) is 5.64. The van der Waals surface area contributed by atoms with Gasteiger partial charge in [-0.3, -0.25) is 0 Å². The van der Waals surface area contributed by atoms with Gasteiger partial charge in [-0.05, 0) is 43.4 Å². The van der Waals surface area contributed by atoms with Crippen LogP contribution in [0.25, 0.3) is 11.5 Å². The molecule has 1 aliphatic carbocycles. The highest BCUT2D eigenvalue weighted by Crippen LogP contribution is 2.28. The topological polar surface area (TPSA) is 64.7 Å². The van der Waals surface area contributed by atoms with Crippen LogP contribution >= 0.6 is 23.2 Å². The van der Waals surface area contributed by atoms with Crippen molar-refractivity contribution in [1.29, 1.82) is 0 Å². The van der Waals surface area contributed by atoms with E-state index in [0.717, 1.165) is 25.0 Å². The number of nitrogens with zero attached hydrogens (tertiary/aromatic N) is 3. The molecule has 104 valence electrons. The average Bonchev–Trinajstić information content (AvgIpc) is 2.46. The van der Waals surface area contributed by atoms with Crippen molar-refractivity contribution in [2.45, 2.75) is 19.3 Å². The van der Waals surface area contributed by atoms with Gasteiger partial charge < -0.3 is 5.73 Å². The Morgan fingerprint density at radius 2 is 2.10 bits per heavy atom. The van der Waals surface area contributed by atoms with E-state index in [4.69, 9.17) is 28.9 Å². The van der Waals surface area contributed by atoms with Crippen molar-refractivity contribution >= 4 is 23.2 Å². The van der Waals surface area contributed by atoms with Crippen LogP contribution < -0.4 is 5.73 Å². The minimum atomic E-state index is 0.466. The van der Waals surface area contributed by atoms with Crippen LogP contribution in [0.15, 0.2) is 18.5 Å². The summed E-state index contributed by atoms with van der Waals surface area (Å²) in [6.07, 6.45) is 6.37. The Kier molecular flexibility index (Phi) is 3.87. The van der Waals surface area contributed by atoms with Crippen molar-refractivity contribution in [2.75, 3.05) is 6.54 Å². The molecule has 0 aromatic carbocycles. The zero-order valence-corrected chi connectivity index (χ0v) is 12.3. The lowest BCUT2D eigenvalue weighted by molar-refractivity contribution is 0.462. The molecule has 0 radical (unpaired) electrons. The number of fused-ring (bicyclic) bond motifs is 1. The van der Waals surface area contributed by atoms with Gasteiger partial charge >= 0.3 is 0 Å². The fraction of sp³-hybridized carbons (Fsp3) is 0.357. The first-order valence-electron chi connectivity index (χ1n) is 6.53. The standard InChI is InChI=1S/C14H14Cl2N4/c15-10-4-11(16)13(18-7-10)14-19-6-9-3-8(5-17)1-2-12(9)20-14/h4,6-8H,1-3,5,17H2. The molecule has 20 heavy (non-hydrogen) atoms. The number of hydrogen-bond acceptors (Lipinski definition) is 4. The number of aryl methyl sites for hydroxylation is 1. The van der Waals surface area contributed by atoms with E-state index in [9.17, 15) is 0 Å². The molecule has 2 heterocycles. The monoisotopic (exact) mass is 308 g/mol. The molecule has 0 amide bonds. The average molecular weight is 309 g/mol. The zero-order valence-electron chi connectivity index (χ0n) is 10.8. The summed E-state index contributed by atoms with van der Waals surface area (Å²) in [5, 5.41) is 0.968.